The van der Waals surface area contributed by atoms with Crippen LogP contribution in [0.1, 0.15) is 25.0 Å². The molecule has 10 aromatic rings. The zero-order valence-corrected chi connectivity index (χ0v) is 31.0. The van der Waals surface area contributed by atoms with Crippen LogP contribution >= 0.6 is 0 Å². The van der Waals surface area contributed by atoms with Crippen molar-refractivity contribution in [3.05, 3.63) is 187 Å². The number of hydrogen-bond donors (Lipinski definition) is 0. The maximum absolute atomic E-state index is 6.96. The molecule has 8 aromatic carbocycles. The van der Waals surface area contributed by atoms with Gasteiger partial charge in [-0.05, 0) is 61.8 Å². The molecule has 264 valence electrons. The van der Waals surface area contributed by atoms with Gasteiger partial charge in [0, 0.05) is 38.4 Å². The van der Waals surface area contributed by atoms with Gasteiger partial charge in [0.1, 0.15) is 11.2 Å². The zero-order chi connectivity index (χ0) is 37.4. The van der Waals surface area contributed by atoms with Gasteiger partial charge >= 0.3 is 0 Å². The number of hydrogen-bond acceptors (Lipinski definition) is 4. The van der Waals surface area contributed by atoms with E-state index in [1.807, 2.05) is 36.4 Å². The zero-order valence-electron chi connectivity index (χ0n) is 31.0. The Morgan fingerprint density at radius 2 is 0.911 bits per heavy atom. The Labute approximate surface area is 324 Å². The van der Waals surface area contributed by atoms with Crippen molar-refractivity contribution in [1.29, 1.82) is 0 Å². The van der Waals surface area contributed by atoms with E-state index in [-0.39, 0.29) is 5.41 Å². The summed E-state index contributed by atoms with van der Waals surface area (Å²) in [6, 6.07) is 61.8. The Morgan fingerprint density at radius 1 is 0.375 bits per heavy atom. The molecular formula is C52H35N3O. The molecule has 0 amide bonds. The summed E-state index contributed by atoms with van der Waals surface area (Å²) in [6.07, 6.45) is 0. The van der Waals surface area contributed by atoms with Crippen LogP contribution in [0.3, 0.4) is 0 Å². The van der Waals surface area contributed by atoms with E-state index in [0.29, 0.717) is 17.5 Å². The molecule has 0 unspecified atom stereocenters. The molecule has 4 nitrogen and oxygen atoms in total. The van der Waals surface area contributed by atoms with Crippen LogP contribution in [0.4, 0.5) is 0 Å². The third kappa shape index (κ3) is 5.03. The van der Waals surface area contributed by atoms with Crippen LogP contribution in [0.15, 0.2) is 180 Å². The van der Waals surface area contributed by atoms with E-state index < -0.39 is 0 Å². The van der Waals surface area contributed by atoms with Crippen molar-refractivity contribution in [1.82, 2.24) is 15.0 Å². The Balaban J connectivity index is 1.09. The summed E-state index contributed by atoms with van der Waals surface area (Å²) in [5.41, 5.74) is 14.2. The number of para-hydroxylation sites is 1. The van der Waals surface area contributed by atoms with Crippen molar-refractivity contribution in [2.45, 2.75) is 19.3 Å². The van der Waals surface area contributed by atoms with Crippen molar-refractivity contribution in [3.8, 4) is 67.5 Å². The normalized spacial score (nSPS) is 13.0. The molecule has 0 saturated heterocycles. The number of benzene rings is 8. The molecule has 0 N–H and O–H groups in total. The summed E-state index contributed by atoms with van der Waals surface area (Å²) in [7, 11) is 0. The van der Waals surface area contributed by atoms with Crippen molar-refractivity contribution in [3.63, 3.8) is 0 Å². The Morgan fingerprint density at radius 3 is 1.68 bits per heavy atom. The summed E-state index contributed by atoms with van der Waals surface area (Å²) in [4.78, 5) is 15.3. The fourth-order valence-corrected chi connectivity index (χ4v) is 8.73. The lowest BCUT2D eigenvalue weighted by Gasteiger charge is -2.22. The quantitative estimate of drug-likeness (QED) is 0.178. The SMILES string of the molecule is CC1(C)c2ccccc2-c2ccc(-c3cccc4c3oc3cc(-c5nc(-c6ccccc6)nc(-c6ccc(-c7ccccc7)cc6)n5)c5ccccc5c34)cc21. The maximum atomic E-state index is 6.96. The number of fused-ring (bicyclic) bond motifs is 8. The highest BCUT2D eigenvalue weighted by Crippen LogP contribution is 2.50. The Hall–Kier alpha value is -7.17. The van der Waals surface area contributed by atoms with Crippen LogP contribution in [-0.4, -0.2) is 15.0 Å². The van der Waals surface area contributed by atoms with E-state index in [9.17, 15) is 0 Å². The number of nitrogens with zero attached hydrogens (tertiary/aromatic N) is 3. The smallest absolute Gasteiger partial charge is 0.164 e. The lowest BCUT2D eigenvalue weighted by Crippen LogP contribution is -2.14. The second kappa shape index (κ2) is 12.4. The van der Waals surface area contributed by atoms with Gasteiger partial charge in [-0.1, -0.05) is 178 Å². The van der Waals surface area contributed by atoms with Crippen LogP contribution in [-0.2, 0) is 5.41 Å². The molecule has 1 aliphatic carbocycles. The van der Waals surface area contributed by atoms with Gasteiger partial charge in [0.25, 0.3) is 0 Å². The molecule has 0 atom stereocenters. The van der Waals surface area contributed by atoms with Crippen molar-refractivity contribution < 1.29 is 4.42 Å². The molecular weight excluding hydrogens is 683 g/mol. The van der Waals surface area contributed by atoms with Gasteiger partial charge in [0.15, 0.2) is 17.5 Å². The highest BCUT2D eigenvalue weighted by Gasteiger charge is 2.35. The predicted octanol–water partition coefficient (Wildman–Crippen LogP) is 13.6. The van der Waals surface area contributed by atoms with Crippen LogP contribution in [0, 0.1) is 0 Å². The first kappa shape index (κ1) is 32.3. The Kier molecular flexibility index (Phi) is 7.17. The van der Waals surface area contributed by atoms with Gasteiger partial charge in [0.2, 0.25) is 0 Å². The van der Waals surface area contributed by atoms with Gasteiger partial charge in [-0.15, -0.1) is 0 Å². The standard InChI is InChI=1S/C52H35N3O/c1-52(2)44-23-12-11-19-39(44)40-29-28-36(30-45(40)52)37-21-13-22-42-47-41-20-10-9-18-38(41)43(31-46(47)56-48(37)42)51-54-49(34-16-7-4-8-17-34)53-50(55-51)35-26-24-33(25-27-35)32-14-5-3-6-15-32/h3-31H,1-2H3. The summed E-state index contributed by atoms with van der Waals surface area (Å²) in [6.45, 7) is 4.65. The molecule has 4 heteroatoms. The first-order chi connectivity index (χ1) is 27.5. The molecule has 11 rings (SSSR count). The van der Waals surface area contributed by atoms with E-state index in [4.69, 9.17) is 19.4 Å². The van der Waals surface area contributed by atoms with Crippen molar-refractivity contribution >= 4 is 32.7 Å². The monoisotopic (exact) mass is 717 g/mol. The minimum atomic E-state index is -0.0965. The lowest BCUT2D eigenvalue weighted by atomic mass is 9.81. The molecule has 2 heterocycles. The molecule has 0 saturated carbocycles. The fraction of sp³-hybridized carbons (Fsp3) is 0.0577. The summed E-state index contributed by atoms with van der Waals surface area (Å²) in [5, 5.41) is 4.32. The number of furan rings is 1. The highest BCUT2D eigenvalue weighted by molar-refractivity contribution is 6.23. The van der Waals surface area contributed by atoms with Gasteiger partial charge in [-0.2, -0.15) is 0 Å². The van der Waals surface area contributed by atoms with Crippen LogP contribution < -0.4 is 0 Å². The van der Waals surface area contributed by atoms with Crippen LogP contribution in [0.5, 0.6) is 0 Å². The first-order valence-corrected chi connectivity index (χ1v) is 19.1. The average molecular weight is 718 g/mol. The third-order valence-electron chi connectivity index (χ3n) is 11.6. The molecule has 0 bridgehead atoms. The van der Waals surface area contributed by atoms with E-state index in [1.165, 1.54) is 27.8 Å². The van der Waals surface area contributed by atoms with Gasteiger partial charge in [-0.25, -0.2) is 15.0 Å². The maximum Gasteiger partial charge on any atom is 0.164 e. The largest absolute Gasteiger partial charge is 0.455 e. The topological polar surface area (TPSA) is 51.8 Å². The van der Waals surface area contributed by atoms with Crippen molar-refractivity contribution in [2.24, 2.45) is 0 Å². The van der Waals surface area contributed by atoms with Gasteiger partial charge < -0.3 is 4.42 Å². The van der Waals surface area contributed by atoms with Crippen LogP contribution in [0.2, 0.25) is 0 Å². The van der Waals surface area contributed by atoms with Gasteiger partial charge in [-0.3, -0.25) is 0 Å². The average Bonchev–Trinajstić information content (AvgIpc) is 3.76. The predicted molar refractivity (Wildman–Crippen MR) is 229 cm³/mol. The molecule has 0 fully saturated rings. The lowest BCUT2D eigenvalue weighted by molar-refractivity contribution is 0.660. The molecule has 0 radical (unpaired) electrons. The first-order valence-electron chi connectivity index (χ1n) is 19.1. The second-order valence-electron chi connectivity index (χ2n) is 15.2. The van der Waals surface area contributed by atoms with Crippen molar-refractivity contribution in [2.75, 3.05) is 0 Å². The third-order valence-corrected chi connectivity index (χ3v) is 11.6. The number of aromatic nitrogens is 3. The summed E-state index contributed by atoms with van der Waals surface area (Å²) < 4.78 is 6.96. The van der Waals surface area contributed by atoms with E-state index >= 15 is 0 Å². The minimum absolute atomic E-state index is 0.0965. The highest BCUT2D eigenvalue weighted by atomic mass is 16.3. The Bertz CT molecular complexity index is 3140. The summed E-state index contributed by atoms with van der Waals surface area (Å²) in [5.74, 6) is 1.84. The number of rotatable bonds is 5. The second-order valence-corrected chi connectivity index (χ2v) is 15.2. The van der Waals surface area contributed by atoms with Crippen LogP contribution in [0.25, 0.3) is 100 Å². The molecule has 0 aliphatic heterocycles. The van der Waals surface area contributed by atoms with E-state index in [0.717, 1.165) is 66.1 Å². The van der Waals surface area contributed by atoms with E-state index in [1.54, 1.807) is 0 Å². The molecule has 1 aliphatic rings. The molecule has 0 spiro atoms. The van der Waals surface area contributed by atoms with Gasteiger partial charge in [0.05, 0.1) is 0 Å². The van der Waals surface area contributed by atoms with E-state index in [2.05, 4.69) is 153 Å². The minimum Gasteiger partial charge on any atom is -0.455 e. The molecule has 56 heavy (non-hydrogen) atoms. The summed E-state index contributed by atoms with van der Waals surface area (Å²) >= 11 is 0. The molecule has 2 aromatic heterocycles. The fourth-order valence-electron chi connectivity index (χ4n) is 8.73.